The Morgan fingerprint density at radius 2 is 1.31 bits per heavy atom. The van der Waals surface area contributed by atoms with Crippen molar-refractivity contribution in [2.24, 2.45) is 5.92 Å². The third-order valence-electron chi connectivity index (χ3n) is 14.1. The number of hydrogen-bond donors (Lipinski definition) is 18. The third-order valence-corrected chi connectivity index (χ3v) is 15.1. The fraction of sp³-hybridized carbons (Fsp3) is 0.902. The van der Waals surface area contributed by atoms with Crippen molar-refractivity contribution in [1.29, 1.82) is 0 Å². The average molecular weight is 1090 g/mol. The molecule has 4 aliphatic heterocycles. The number of rotatable bonds is 18. The van der Waals surface area contributed by atoms with Crippen LogP contribution in [-0.2, 0) is 51.0 Å². The predicted molar refractivity (Wildman–Crippen MR) is 232 cm³/mol. The lowest BCUT2D eigenvalue weighted by Gasteiger charge is -2.48. The maximum absolute atomic E-state index is 11.2. The molecule has 5 fully saturated rings. The van der Waals surface area contributed by atoms with Crippen LogP contribution in [-0.4, -0.2) is 298 Å². The number of aliphatic hydroxyl groups is 17. The van der Waals surface area contributed by atoms with Crippen molar-refractivity contribution in [1.82, 2.24) is 20.3 Å². The molecule has 1 saturated carbocycles. The fourth-order valence-corrected chi connectivity index (χ4v) is 10.4. The van der Waals surface area contributed by atoms with Gasteiger partial charge in [0.15, 0.2) is 18.9 Å². The topological polar surface area (TPSA) is 460 Å². The molecule has 5 heterocycles. The molecule has 18 N–H and O–H groups in total. The van der Waals surface area contributed by atoms with Crippen molar-refractivity contribution >= 4 is 23.2 Å². The predicted octanol–water partition coefficient (Wildman–Crippen LogP) is -9.97. The lowest BCUT2D eigenvalue weighted by atomic mass is 9.83. The van der Waals surface area contributed by atoms with Crippen LogP contribution in [0.2, 0.25) is 0 Å². The number of nitrogens with zero attached hydrogens (tertiary/aromatic N) is 3. The van der Waals surface area contributed by atoms with Gasteiger partial charge in [-0.15, -0.1) is 28.3 Å². The zero-order valence-corrected chi connectivity index (χ0v) is 39.9. The maximum Gasteiger partial charge on any atom is 0.211 e. The molecule has 6 unspecified atom stereocenters. The van der Waals surface area contributed by atoms with Gasteiger partial charge in [-0.25, -0.2) is 4.68 Å². The number of nitrogens with one attached hydrogen (secondary N) is 1. The minimum absolute atomic E-state index is 0.00648. The number of alkyl halides is 2. The SMILES string of the molecule is CC1O[C@H](O[C@@H]2C(CO)O[C@H](O[C@@H]3C(CO)O[C@@H](OCc4cn(C[C@H]5O[C@@](CCl)(O[C@H]6C[C@H](CO)[C@H](Cl)[C@H](O)[C@H]6O)[C@@H](O)[C@@H]5O)nn4)C(O)[C@H]3O)C(O)[C@H]2O)C(O)[C@@H](O)[C@@H]1N[C@H]1C=C(CO)[C@@H](O)[C@H](O)[C@H]1O. The second-order valence-corrected chi connectivity index (χ2v) is 19.7. The first-order valence-electron chi connectivity index (χ1n) is 23.2. The Bertz CT molecular complexity index is 1920. The molecule has 7 rings (SSSR count). The van der Waals surface area contributed by atoms with E-state index in [4.69, 9.17) is 61.1 Å². The summed E-state index contributed by atoms with van der Waals surface area (Å²) in [6.07, 6.45) is -35.2. The van der Waals surface area contributed by atoms with Crippen molar-refractivity contribution in [3.63, 3.8) is 0 Å². The van der Waals surface area contributed by atoms with Gasteiger partial charge in [0.05, 0.1) is 80.8 Å². The minimum atomic E-state index is -2.07. The monoisotopic (exact) mass is 1080 g/mol. The quantitative estimate of drug-likeness (QED) is 0.0479. The van der Waals surface area contributed by atoms with Crippen LogP contribution < -0.4 is 5.32 Å². The van der Waals surface area contributed by atoms with Crippen LogP contribution in [0, 0.1) is 5.92 Å². The summed E-state index contributed by atoms with van der Waals surface area (Å²) in [4.78, 5) is 0. The van der Waals surface area contributed by atoms with Gasteiger partial charge in [0.25, 0.3) is 0 Å². The van der Waals surface area contributed by atoms with Gasteiger partial charge in [-0.05, 0) is 18.9 Å². The van der Waals surface area contributed by atoms with E-state index in [1.54, 1.807) is 0 Å². The Morgan fingerprint density at radius 1 is 0.708 bits per heavy atom. The first kappa shape index (κ1) is 58.1. The highest BCUT2D eigenvalue weighted by Crippen LogP contribution is 2.40. The molecule has 0 radical (unpaired) electrons. The number of ether oxygens (including phenoxy) is 8. The molecule has 2 aliphatic carbocycles. The van der Waals surface area contributed by atoms with Crippen molar-refractivity contribution in [3.05, 3.63) is 23.5 Å². The highest BCUT2D eigenvalue weighted by Gasteiger charge is 2.59. The van der Waals surface area contributed by atoms with Gasteiger partial charge in [0.2, 0.25) is 5.79 Å². The Hall–Kier alpha value is -1.58. The summed E-state index contributed by atoms with van der Waals surface area (Å²) < 4.78 is 47.4. The molecule has 31 heteroatoms. The van der Waals surface area contributed by atoms with Gasteiger partial charge in [-0.3, -0.25) is 0 Å². The minimum Gasteiger partial charge on any atom is -0.396 e. The van der Waals surface area contributed by atoms with Gasteiger partial charge in [0.1, 0.15) is 109 Å². The van der Waals surface area contributed by atoms with E-state index in [-0.39, 0.29) is 24.2 Å². The van der Waals surface area contributed by atoms with Gasteiger partial charge in [0, 0.05) is 12.5 Å². The molecule has 6 aliphatic rings. The van der Waals surface area contributed by atoms with E-state index >= 15 is 0 Å². The first-order chi connectivity index (χ1) is 34.1. The summed E-state index contributed by atoms with van der Waals surface area (Å²) in [6, 6.07) is -2.27. The highest BCUT2D eigenvalue weighted by atomic mass is 35.5. The molecule has 28 atom stereocenters. The van der Waals surface area contributed by atoms with E-state index in [0.29, 0.717) is 0 Å². The van der Waals surface area contributed by atoms with Gasteiger partial charge < -0.3 is 130 Å². The molecule has 1 aromatic rings. The molecular weight excluding hydrogens is 1020 g/mol. The molecule has 0 spiro atoms. The van der Waals surface area contributed by atoms with E-state index in [2.05, 4.69) is 15.6 Å². The summed E-state index contributed by atoms with van der Waals surface area (Å²) in [7, 11) is 0. The van der Waals surface area contributed by atoms with E-state index in [0.717, 1.165) is 0 Å². The van der Waals surface area contributed by atoms with Crippen LogP contribution in [0.3, 0.4) is 0 Å². The first-order valence-corrected chi connectivity index (χ1v) is 24.2. The molecular formula is C41H66Cl2N4O25. The lowest BCUT2D eigenvalue weighted by Crippen LogP contribution is -2.68. The van der Waals surface area contributed by atoms with Crippen LogP contribution in [0.15, 0.2) is 17.8 Å². The van der Waals surface area contributed by atoms with Crippen molar-refractivity contribution in [2.75, 3.05) is 32.3 Å². The summed E-state index contributed by atoms with van der Waals surface area (Å²) in [6.45, 7) is -2.07. The molecule has 0 amide bonds. The fourth-order valence-electron chi connectivity index (χ4n) is 9.83. The summed E-state index contributed by atoms with van der Waals surface area (Å²) in [5, 5.41) is 190. The smallest absolute Gasteiger partial charge is 0.211 e. The largest absolute Gasteiger partial charge is 0.396 e. The van der Waals surface area contributed by atoms with Gasteiger partial charge in [-0.2, -0.15) is 0 Å². The van der Waals surface area contributed by atoms with E-state index < -0.39 is 209 Å². The Labute approximate surface area is 419 Å². The van der Waals surface area contributed by atoms with Crippen molar-refractivity contribution < 1.29 is 125 Å². The second kappa shape index (κ2) is 24.4. The Balaban J connectivity index is 0.913. The third kappa shape index (κ3) is 11.6. The molecule has 0 aromatic carbocycles. The number of halogens is 2. The number of hydrogen-bond acceptors (Lipinski definition) is 28. The number of aliphatic hydroxyl groups excluding tert-OH is 17. The summed E-state index contributed by atoms with van der Waals surface area (Å²) in [5.74, 6) is -3.29. The zero-order chi connectivity index (χ0) is 52.7. The van der Waals surface area contributed by atoms with E-state index in [9.17, 15) is 86.8 Å². The van der Waals surface area contributed by atoms with Gasteiger partial charge in [-0.1, -0.05) is 11.3 Å². The molecule has 414 valence electrons. The summed E-state index contributed by atoms with van der Waals surface area (Å²) >= 11 is 12.3. The van der Waals surface area contributed by atoms with Crippen LogP contribution in [0.5, 0.6) is 0 Å². The zero-order valence-electron chi connectivity index (χ0n) is 38.4. The Kier molecular flexibility index (Phi) is 19.7. The molecule has 29 nitrogen and oxygen atoms in total. The van der Waals surface area contributed by atoms with Crippen LogP contribution in [0.4, 0.5) is 0 Å². The standard InChI is InChI=1S/C41H66Cl2N4O25/c1-12-22(44-16-2-14(7-49)23(52)29(58)24(16)53)28(57)32(61)39(66-12)69-36-20(9-51)68-40(34(63)31(36)60)70-35-19(8-50)67-38(33(62)30(35)59)65-10-15-4-47(46-45-15)5-18-26(55)37(64)41(11-42,72-18)71-17-3-13(6-48)21(43)27(56)25(17)54/h2,4,12-13,16-40,44,48-64H,3,5-11H2,1H3/t12?,13-,16+,17+,18-,19?,20?,21+,22-,23-,24+,25+,26-,27+,28+,29+,30-,31-,32?,33?,34?,35-,36-,37+,38-,39-,40-,41-/m1/s1. The molecule has 0 bridgehead atoms. The van der Waals surface area contributed by atoms with Crippen LogP contribution in [0.1, 0.15) is 19.0 Å². The van der Waals surface area contributed by atoms with E-state index in [1.807, 2.05) is 0 Å². The van der Waals surface area contributed by atoms with E-state index in [1.165, 1.54) is 23.9 Å². The average Bonchev–Trinajstić information content (AvgIpc) is 3.92. The molecule has 72 heavy (non-hydrogen) atoms. The Morgan fingerprint density at radius 3 is 1.90 bits per heavy atom. The molecule has 1 aromatic heterocycles. The highest BCUT2D eigenvalue weighted by molar-refractivity contribution is 6.21. The normalized spacial score (nSPS) is 49.2. The number of aromatic nitrogens is 3. The molecule has 4 saturated heterocycles. The van der Waals surface area contributed by atoms with Crippen molar-refractivity contribution in [3.8, 4) is 0 Å². The van der Waals surface area contributed by atoms with Gasteiger partial charge >= 0.3 is 0 Å². The van der Waals surface area contributed by atoms with Crippen LogP contribution >= 0.6 is 23.2 Å². The summed E-state index contributed by atoms with van der Waals surface area (Å²) in [5.41, 5.74) is 0.104. The maximum atomic E-state index is 11.2. The second-order valence-electron chi connectivity index (χ2n) is 18.9. The van der Waals surface area contributed by atoms with Crippen molar-refractivity contribution in [2.45, 2.75) is 191 Å². The lowest BCUT2D eigenvalue weighted by molar-refractivity contribution is -0.376. The van der Waals surface area contributed by atoms with Crippen LogP contribution in [0.25, 0.3) is 0 Å².